The smallest absolute Gasteiger partial charge is 0.238 e. The summed E-state index contributed by atoms with van der Waals surface area (Å²) in [5.74, 6) is 0.311. The van der Waals surface area contributed by atoms with Crippen molar-refractivity contribution in [2.75, 3.05) is 31.8 Å². The van der Waals surface area contributed by atoms with Crippen LogP contribution in [-0.2, 0) is 14.6 Å². The lowest BCUT2D eigenvalue weighted by Gasteiger charge is -2.22. The lowest BCUT2D eigenvalue weighted by Crippen LogP contribution is -2.43. The van der Waals surface area contributed by atoms with Crippen molar-refractivity contribution in [3.63, 3.8) is 0 Å². The van der Waals surface area contributed by atoms with Crippen LogP contribution in [0.15, 0.2) is 24.3 Å². The fourth-order valence-corrected chi connectivity index (χ4v) is 1.91. The summed E-state index contributed by atoms with van der Waals surface area (Å²) in [6.07, 6.45) is 1.18. The highest BCUT2D eigenvalue weighted by Gasteiger charge is 2.29. The molecule has 1 aromatic carbocycles. The van der Waals surface area contributed by atoms with E-state index in [1.807, 2.05) is 0 Å². The van der Waals surface area contributed by atoms with Crippen LogP contribution in [0.1, 0.15) is 13.8 Å². The van der Waals surface area contributed by atoms with Crippen LogP contribution in [-0.4, -0.2) is 45.5 Å². The number of hydrogen-bond donors (Lipinski definition) is 2. The minimum atomic E-state index is -3.18. The standard InChI is InChI=1S/C14H22N2O4S/c1-14(2,21(4,18)19)10-15-9-13(17)16-11-7-5-6-8-12(11)20-3/h5-8,15H,9-10H2,1-4H3,(H,16,17). The molecule has 0 radical (unpaired) electrons. The molecule has 1 aromatic rings. The molecule has 0 bridgehead atoms. The van der Waals surface area contributed by atoms with E-state index in [-0.39, 0.29) is 19.0 Å². The fourth-order valence-electron chi connectivity index (χ4n) is 1.55. The molecular weight excluding hydrogens is 292 g/mol. The monoisotopic (exact) mass is 314 g/mol. The highest BCUT2D eigenvalue weighted by Crippen LogP contribution is 2.22. The van der Waals surface area contributed by atoms with Crippen LogP contribution >= 0.6 is 0 Å². The predicted octanol–water partition coefficient (Wildman–Crippen LogP) is 1.05. The second kappa shape index (κ2) is 6.91. The summed E-state index contributed by atoms with van der Waals surface area (Å²) < 4.78 is 27.3. The highest BCUT2D eigenvalue weighted by molar-refractivity contribution is 7.92. The molecule has 0 saturated heterocycles. The minimum Gasteiger partial charge on any atom is -0.495 e. The maximum atomic E-state index is 11.8. The Bertz CT molecular complexity index is 597. The van der Waals surface area contributed by atoms with Gasteiger partial charge in [0.05, 0.1) is 24.1 Å². The number of carbonyl (C=O) groups excluding carboxylic acids is 1. The molecule has 2 N–H and O–H groups in total. The van der Waals surface area contributed by atoms with Gasteiger partial charge in [-0.1, -0.05) is 12.1 Å². The summed E-state index contributed by atoms with van der Waals surface area (Å²) in [6.45, 7) is 3.46. The summed E-state index contributed by atoms with van der Waals surface area (Å²) >= 11 is 0. The van der Waals surface area contributed by atoms with Gasteiger partial charge in [0.2, 0.25) is 5.91 Å². The Morgan fingerprint density at radius 3 is 2.48 bits per heavy atom. The molecule has 0 aliphatic rings. The van der Waals surface area contributed by atoms with Crippen LogP contribution in [0.4, 0.5) is 5.69 Å². The molecule has 1 rings (SSSR count). The Kier molecular flexibility index (Phi) is 5.74. The van der Waals surface area contributed by atoms with E-state index >= 15 is 0 Å². The Morgan fingerprint density at radius 2 is 1.90 bits per heavy atom. The molecule has 1 amide bonds. The molecule has 7 heteroatoms. The van der Waals surface area contributed by atoms with Crippen LogP contribution in [0.5, 0.6) is 5.75 Å². The van der Waals surface area contributed by atoms with Gasteiger partial charge in [0.25, 0.3) is 0 Å². The van der Waals surface area contributed by atoms with Crippen molar-refractivity contribution < 1.29 is 17.9 Å². The second-order valence-electron chi connectivity index (χ2n) is 5.38. The average molecular weight is 314 g/mol. The first-order valence-corrected chi connectivity index (χ1v) is 8.40. The van der Waals surface area contributed by atoms with E-state index in [2.05, 4.69) is 10.6 Å². The van der Waals surface area contributed by atoms with E-state index in [0.717, 1.165) is 0 Å². The summed E-state index contributed by atoms with van der Waals surface area (Å²) in [6, 6.07) is 7.08. The maximum Gasteiger partial charge on any atom is 0.238 e. The number of ether oxygens (including phenoxy) is 1. The van der Waals surface area contributed by atoms with Gasteiger partial charge in [-0.25, -0.2) is 8.42 Å². The third-order valence-corrected chi connectivity index (χ3v) is 5.37. The SMILES string of the molecule is COc1ccccc1NC(=O)CNCC(C)(C)S(C)(=O)=O. The van der Waals surface area contributed by atoms with Crippen LogP contribution in [0, 0.1) is 0 Å². The van der Waals surface area contributed by atoms with Crippen molar-refractivity contribution in [1.29, 1.82) is 0 Å². The van der Waals surface area contributed by atoms with Gasteiger partial charge in [-0.15, -0.1) is 0 Å². The predicted molar refractivity (Wildman–Crippen MR) is 83.4 cm³/mol. The van der Waals surface area contributed by atoms with Crippen molar-refractivity contribution in [2.45, 2.75) is 18.6 Å². The normalized spacial score (nSPS) is 12.0. The first kappa shape index (κ1) is 17.5. The van der Waals surface area contributed by atoms with E-state index in [4.69, 9.17) is 4.74 Å². The lowest BCUT2D eigenvalue weighted by molar-refractivity contribution is -0.115. The van der Waals surface area contributed by atoms with Gasteiger partial charge in [0, 0.05) is 12.8 Å². The van der Waals surface area contributed by atoms with Crippen LogP contribution in [0.25, 0.3) is 0 Å². The third-order valence-electron chi connectivity index (χ3n) is 3.22. The zero-order chi connectivity index (χ0) is 16.1. The van der Waals surface area contributed by atoms with Crippen LogP contribution < -0.4 is 15.4 Å². The lowest BCUT2D eigenvalue weighted by atomic mass is 10.2. The molecule has 118 valence electrons. The molecule has 0 aliphatic carbocycles. The number of sulfone groups is 1. The van der Waals surface area contributed by atoms with Gasteiger partial charge < -0.3 is 15.4 Å². The summed E-state index contributed by atoms with van der Waals surface area (Å²) in [7, 11) is -1.66. The number of anilines is 1. The summed E-state index contributed by atoms with van der Waals surface area (Å²) in [5.41, 5.74) is 0.578. The maximum absolute atomic E-state index is 11.8. The molecule has 6 nitrogen and oxygen atoms in total. The molecule has 0 aliphatic heterocycles. The second-order valence-corrected chi connectivity index (χ2v) is 8.03. The molecule has 0 fully saturated rings. The van der Waals surface area contributed by atoms with E-state index in [0.29, 0.717) is 11.4 Å². The van der Waals surface area contributed by atoms with Crippen molar-refractivity contribution in [1.82, 2.24) is 5.32 Å². The number of hydrogen-bond acceptors (Lipinski definition) is 5. The van der Waals surface area contributed by atoms with Crippen molar-refractivity contribution in [3.05, 3.63) is 24.3 Å². The molecule has 0 atom stereocenters. The molecular formula is C14H22N2O4S. The Balaban J connectivity index is 2.52. The fraction of sp³-hybridized carbons (Fsp3) is 0.500. The molecule has 0 heterocycles. The van der Waals surface area contributed by atoms with Crippen molar-refractivity contribution >= 4 is 21.4 Å². The number of methoxy groups -OCH3 is 1. The van der Waals surface area contributed by atoms with E-state index < -0.39 is 14.6 Å². The van der Waals surface area contributed by atoms with Crippen molar-refractivity contribution in [3.8, 4) is 5.75 Å². The highest BCUT2D eigenvalue weighted by atomic mass is 32.2. The van der Waals surface area contributed by atoms with Crippen molar-refractivity contribution in [2.24, 2.45) is 0 Å². The first-order valence-electron chi connectivity index (χ1n) is 6.50. The van der Waals surface area contributed by atoms with Crippen LogP contribution in [0.3, 0.4) is 0 Å². The molecule has 0 spiro atoms. The molecule has 0 saturated carbocycles. The first-order chi connectivity index (χ1) is 9.67. The van der Waals surface area contributed by atoms with Gasteiger partial charge in [0.15, 0.2) is 9.84 Å². The number of carbonyl (C=O) groups is 1. The molecule has 0 unspecified atom stereocenters. The van der Waals surface area contributed by atoms with Gasteiger partial charge in [-0.05, 0) is 26.0 Å². The van der Waals surface area contributed by atoms with E-state index in [1.165, 1.54) is 13.4 Å². The van der Waals surface area contributed by atoms with Gasteiger partial charge >= 0.3 is 0 Å². The Hall–Kier alpha value is -1.60. The Morgan fingerprint density at radius 1 is 1.29 bits per heavy atom. The topological polar surface area (TPSA) is 84.5 Å². The number of nitrogens with one attached hydrogen (secondary N) is 2. The quantitative estimate of drug-likeness (QED) is 0.786. The largest absolute Gasteiger partial charge is 0.495 e. The summed E-state index contributed by atoms with van der Waals surface area (Å²) in [4.78, 5) is 11.8. The van der Waals surface area contributed by atoms with Crippen LogP contribution in [0.2, 0.25) is 0 Å². The summed E-state index contributed by atoms with van der Waals surface area (Å²) in [5, 5.41) is 5.57. The van der Waals surface area contributed by atoms with Gasteiger partial charge in [-0.2, -0.15) is 0 Å². The Labute approximate surface area is 125 Å². The zero-order valence-electron chi connectivity index (χ0n) is 12.8. The zero-order valence-corrected chi connectivity index (χ0v) is 13.6. The number of para-hydroxylation sites is 2. The number of benzene rings is 1. The van der Waals surface area contributed by atoms with E-state index in [1.54, 1.807) is 38.1 Å². The molecule has 21 heavy (non-hydrogen) atoms. The van der Waals surface area contributed by atoms with Gasteiger partial charge in [-0.3, -0.25) is 4.79 Å². The van der Waals surface area contributed by atoms with Gasteiger partial charge in [0.1, 0.15) is 5.75 Å². The molecule has 0 aromatic heterocycles. The number of rotatable bonds is 7. The average Bonchev–Trinajstić information content (AvgIpc) is 2.37. The third kappa shape index (κ3) is 5.02. The minimum absolute atomic E-state index is 0.0248. The number of amides is 1. The van der Waals surface area contributed by atoms with E-state index in [9.17, 15) is 13.2 Å².